The number of benzene rings is 1. The van der Waals surface area contributed by atoms with Gasteiger partial charge in [-0.05, 0) is 5.56 Å². The lowest BCUT2D eigenvalue weighted by Crippen LogP contribution is -2.08. The first kappa shape index (κ1) is 13.5. The zero-order valence-corrected chi connectivity index (χ0v) is 9.54. The highest BCUT2D eigenvalue weighted by molar-refractivity contribution is 7.52. The van der Waals surface area contributed by atoms with E-state index in [-0.39, 0.29) is 12.1 Å². The summed E-state index contributed by atoms with van der Waals surface area (Å²) < 4.78 is 10.6. The number of nitro benzene ring substituents is 1. The van der Waals surface area contributed by atoms with Gasteiger partial charge in [0.05, 0.1) is 4.92 Å². The van der Waals surface area contributed by atoms with E-state index < -0.39 is 24.5 Å². The van der Waals surface area contributed by atoms with E-state index in [2.05, 4.69) is 0 Å². The highest BCUT2D eigenvalue weighted by Gasteiger charge is 2.19. The first-order valence-electron chi connectivity index (χ1n) is 4.57. The molecule has 0 atom stereocenters. The van der Waals surface area contributed by atoms with E-state index in [1.807, 2.05) is 0 Å². The number of nitrogens with zero attached hydrogens (tertiary/aromatic N) is 1. The van der Waals surface area contributed by atoms with Crippen molar-refractivity contribution in [3.05, 3.63) is 39.9 Å². The maximum atomic E-state index is 11.2. The molecule has 0 aliphatic carbocycles. The Morgan fingerprint density at radius 3 is 2.59 bits per heavy atom. The number of carbonyl (C=O) groups is 1. The summed E-state index contributed by atoms with van der Waals surface area (Å²) in [6, 6.07) is 5.39. The van der Waals surface area contributed by atoms with Gasteiger partial charge in [-0.1, -0.05) is 12.1 Å². The Hall–Kier alpha value is -1.56. The first-order chi connectivity index (χ1) is 7.78. The molecule has 0 aliphatic rings. The molecule has 7 nitrogen and oxygen atoms in total. The lowest BCUT2D eigenvalue weighted by molar-refractivity contribution is -0.384. The van der Waals surface area contributed by atoms with Crippen molar-refractivity contribution >= 4 is 19.1 Å². The van der Waals surface area contributed by atoms with Crippen molar-refractivity contribution in [2.24, 2.45) is 0 Å². The monoisotopic (exact) mass is 259 g/mol. The molecule has 0 bridgehead atoms. The second-order valence-corrected chi connectivity index (χ2v) is 5.11. The summed E-state index contributed by atoms with van der Waals surface area (Å²) in [7, 11) is -4.37. The van der Waals surface area contributed by atoms with Gasteiger partial charge in [-0.15, -0.1) is 0 Å². The molecule has 0 radical (unpaired) electrons. The fourth-order valence-corrected chi connectivity index (χ4v) is 1.86. The van der Waals surface area contributed by atoms with Gasteiger partial charge in [0.2, 0.25) is 0 Å². The van der Waals surface area contributed by atoms with Crippen molar-refractivity contribution in [2.75, 3.05) is 6.16 Å². The minimum atomic E-state index is -4.37. The molecule has 17 heavy (non-hydrogen) atoms. The van der Waals surface area contributed by atoms with Crippen molar-refractivity contribution in [3.8, 4) is 0 Å². The third kappa shape index (κ3) is 4.86. The Kier molecular flexibility index (Phi) is 4.11. The van der Waals surface area contributed by atoms with Crippen molar-refractivity contribution in [2.45, 2.75) is 6.42 Å². The van der Waals surface area contributed by atoms with Gasteiger partial charge >= 0.3 is 7.60 Å². The summed E-state index contributed by atoms with van der Waals surface area (Å²) in [4.78, 5) is 38.3. The van der Waals surface area contributed by atoms with E-state index in [0.29, 0.717) is 5.56 Å². The van der Waals surface area contributed by atoms with Crippen LogP contribution in [0, 0.1) is 10.1 Å². The number of rotatable bonds is 5. The van der Waals surface area contributed by atoms with E-state index in [9.17, 15) is 19.5 Å². The maximum Gasteiger partial charge on any atom is 0.332 e. The van der Waals surface area contributed by atoms with Crippen LogP contribution in [-0.2, 0) is 15.8 Å². The standard InChI is InChI=1S/C9H10NO6P/c11-9(6-17(14,15)16)5-7-2-1-3-8(4-7)10(12)13/h1-4H,5-6H2,(H2,14,15,16). The minimum absolute atomic E-state index is 0.161. The van der Waals surface area contributed by atoms with E-state index in [1.165, 1.54) is 24.3 Å². The van der Waals surface area contributed by atoms with Crippen LogP contribution >= 0.6 is 7.60 Å². The predicted octanol–water partition coefficient (Wildman–Crippen LogP) is 0.884. The molecular weight excluding hydrogens is 249 g/mol. The van der Waals surface area contributed by atoms with Gasteiger partial charge in [0, 0.05) is 18.6 Å². The summed E-state index contributed by atoms with van der Waals surface area (Å²) in [5.41, 5.74) is 0.198. The number of non-ortho nitro benzene ring substituents is 1. The molecule has 0 heterocycles. The van der Waals surface area contributed by atoms with Gasteiger partial charge in [-0.2, -0.15) is 0 Å². The molecule has 8 heteroatoms. The minimum Gasteiger partial charge on any atom is -0.324 e. The zero-order chi connectivity index (χ0) is 13.1. The number of nitro groups is 1. The fourth-order valence-electron chi connectivity index (χ4n) is 1.29. The molecule has 92 valence electrons. The van der Waals surface area contributed by atoms with Gasteiger partial charge in [-0.25, -0.2) is 0 Å². The molecule has 0 fully saturated rings. The molecule has 0 unspecified atom stereocenters. The lowest BCUT2D eigenvalue weighted by atomic mass is 10.1. The van der Waals surface area contributed by atoms with Crippen molar-refractivity contribution < 1.29 is 24.1 Å². The second-order valence-electron chi connectivity index (χ2n) is 3.47. The summed E-state index contributed by atoms with van der Waals surface area (Å²) in [6.07, 6.45) is -1.08. The van der Waals surface area contributed by atoms with E-state index in [0.717, 1.165) is 0 Å². The average molecular weight is 259 g/mol. The number of carbonyl (C=O) groups excluding carboxylic acids is 1. The van der Waals surface area contributed by atoms with Crippen LogP contribution < -0.4 is 0 Å². The van der Waals surface area contributed by atoms with Crippen LogP contribution in [0.25, 0.3) is 0 Å². The third-order valence-electron chi connectivity index (χ3n) is 1.91. The fraction of sp³-hybridized carbons (Fsp3) is 0.222. The van der Waals surface area contributed by atoms with Gasteiger partial charge in [0.1, 0.15) is 11.9 Å². The number of hydrogen-bond donors (Lipinski definition) is 2. The quantitative estimate of drug-likeness (QED) is 0.460. The van der Waals surface area contributed by atoms with Crippen LogP contribution in [0.1, 0.15) is 5.56 Å². The predicted molar refractivity (Wildman–Crippen MR) is 58.7 cm³/mol. The molecule has 0 spiro atoms. The highest BCUT2D eigenvalue weighted by atomic mass is 31.2. The lowest BCUT2D eigenvalue weighted by Gasteiger charge is -2.03. The van der Waals surface area contributed by atoms with Crippen LogP contribution in [0.15, 0.2) is 24.3 Å². The Morgan fingerprint density at radius 1 is 1.41 bits per heavy atom. The Labute approximate surface area is 96.4 Å². The van der Waals surface area contributed by atoms with Gasteiger partial charge < -0.3 is 9.79 Å². The molecule has 0 aromatic heterocycles. The molecule has 2 N–H and O–H groups in total. The summed E-state index contributed by atoms with van der Waals surface area (Å²) in [5.74, 6) is -0.654. The molecule has 1 aromatic carbocycles. The van der Waals surface area contributed by atoms with E-state index >= 15 is 0 Å². The van der Waals surface area contributed by atoms with Gasteiger partial charge in [0.15, 0.2) is 0 Å². The number of ketones is 1. The Morgan fingerprint density at radius 2 is 2.06 bits per heavy atom. The summed E-state index contributed by atoms with van der Waals surface area (Å²) in [6.45, 7) is 0. The number of hydrogen-bond acceptors (Lipinski definition) is 4. The van der Waals surface area contributed by atoms with Crippen molar-refractivity contribution in [1.29, 1.82) is 0 Å². The Balaban J connectivity index is 2.75. The topological polar surface area (TPSA) is 118 Å². The third-order valence-corrected chi connectivity index (χ3v) is 2.67. The maximum absolute atomic E-state index is 11.2. The average Bonchev–Trinajstić information content (AvgIpc) is 2.14. The van der Waals surface area contributed by atoms with Crippen LogP contribution in [0.4, 0.5) is 5.69 Å². The molecular formula is C9H10NO6P. The normalized spacial score (nSPS) is 11.2. The smallest absolute Gasteiger partial charge is 0.324 e. The number of Topliss-reactive ketones (excluding diaryl/α,β-unsaturated/α-hetero) is 1. The highest BCUT2D eigenvalue weighted by Crippen LogP contribution is 2.34. The van der Waals surface area contributed by atoms with Crippen LogP contribution in [0.5, 0.6) is 0 Å². The largest absolute Gasteiger partial charge is 0.332 e. The van der Waals surface area contributed by atoms with Gasteiger partial charge in [0.25, 0.3) is 5.69 Å². The van der Waals surface area contributed by atoms with Crippen LogP contribution in [0.2, 0.25) is 0 Å². The molecule has 0 saturated carbocycles. The van der Waals surface area contributed by atoms with Crippen LogP contribution in [-0.4, -0.2) is 26.7 Å². The zero-order valence-electron chi connectivity index (χ0n) is 8.65. The van der Waals surface area contributed by atoms with E-state index in [1.54, 1.807) is 0 Å². The SMILES string of the molecule is O=C(Cc1cccc([N+](=O)[O-])c1)CP(=O)(O)O. The molecule has 1 rings (SSSR count). The summed E-state index contributed by atoms with van der Waals surface area (Å²) in [5, 5.41) is 10.5. The van der Waals surface area contributed by atoms with E-state index in [4.69, 9.17) is 9.79 Å². The van der Waals surface area contributed by atoms with Gasteiger partial charge in [-0.3, -0.25) is 19.5 Å². The van der Waals surface area contributed by atoms with Crippen molar-refractivity contribution in [3.63, 3.8) is 0 Å². The molecule has 0 amide bonds. The Bertz CT molecular complexity index is 494. The van der Waals surface area contributed by atoms with Crippen LogP contribution in [0.3, 0.4) is 0 Å². The molecule has 1 aromatic rings. The van der Waals surface area contributed by atoms with Crippen molar-refractivity contribution in [1.82, 2.24) is 0 Å². The summed E-state index contributed by atoms with van der Waals surface area (Å²) >= 11 is 0. The molecule has 0 saturated heterocycles. The molecule has 0 aliphatic heterocycles. The second kappa shape index (κ2) is 5.18. The first-order valence-corrected chi connectivity index (χ1v) is 6.37.